The van der Waals surface area contributed by atoms with E-state index in [-0.39, 0.29) is 11.5 Å². The van der Waals surface area contributed by atoms with E-state index < -0.39 is 5.60 Å². The fourth-order valence-corrected chi connectivity index (χ4v) is 3.64. The number of aliphatic hydroxyl groups is 1. The molecule has 3 heteroatoms. The van der Waals surface area contributed by atoms with Crippen LogP contribution >= 0.6 is 0 Å². The van der Waals surface area contributed by atoms with Gasteiger partial charge in [-0.05, 0) is 117 Å². The smallest absolute Gasteiger partial charge is 0.160 e. The summed E-state index contributed by atoms with van der Waals surface area (Å²) in [5.41, 5.74) is 5.73. The minimum Gasteiger partial charge on any atom is -0.504 e. The first-order valence-corrected chi connectivity index (χ1v) is 11.6. The highest BCUT2D eigenvalue weighted by Gasteiger charge is 2.21. The third-order valence-corrected chi connectivity index (χ3v) is 6.10. The lowest BCUT2D eigenvalue weighted by Gasteiger charge is -2.23. The highest BCUT2D eigenvalue weighted by atomic mass is 16.3. The fraction of sp³-hybridized carbons (Fsp3) is 0.571. The maximum atomic E-state index is 10.8. The molecule has 0 saturated carbocycles. The Balaban J connectivity index is 2.46. The van der Waals surface area contributed by atoms with E-state index in [1.165, 1.54) is 16.7 Å². The van der Waals surface area contributed by atoms with Gasteiger partial charge in [0.2, 0.25) is 0 Å². The van der Waals surface area contributed by atoms with Gasteiger partial charge in [0.05, 0.1) is 5.60 Å². The summed E-state index contributed by atoms with van der Waals surface area (Å²) in [5.74, 6) is -0.103. The molecule has 1 atom stereocenters. The Labute approximate surface area is 190 Å². The molecular weight excluding hydrogens is 384 g/mol. The summed E-state index contributed by atoms with van der Waals surface area (Å²) < 4.78 is 0. The number of hydrogen-bond donors (Lipinski definition) is 3. The molecule has 0 aliphatic carbocycles. The van der Waals surface area contributed by atoms with Gasteiger partial charge in [0.25, 0.3) is 0 Å². The standard InChI is InChI=1S/C28H44O3/c1-20(2)11-8-12-21(3)13-9-14-22(4)15-10-17-28(7,31)18-16-25-19-23(5)24(6)26(29)27(25)30/h11,13,15,19,29-31H,8-10,12,14,16-18H2,1-7H3/b21-13+,22-15+. The van der Waals surface area contributed by atoms with Gasteiger partial charge in [-0.3, -0.25) is 0 Å². The molecule has 0 heterocycles. The average Bonchev–Trinajstić information content (AvgIpc) is 2.67. The zero-order valence-corrected chi connectivity index (χ0v) is 20.8. The zero-order valence-electron chi connectivity index (χ0n) is 20.8. The molecule has 0 fully saturated rings. The van der Waals surface area contributed by atoms with Gasteiger partial charge in [-0.1, -0.05) is 41.0 Å². The summed E-state index contributed by atoms with van der Waals surface area (Å²) in [5, 5.41) is 31.0. The van der Waals surface area contributed by atoms with Crippen LogP contribution < -0.4 is 0 Å². The molecule has 0 aliphatic heterocycles. The number of phenols is 2. The number of benzene rings is 1. The Morgan fingerprint density at radius 1 is 0.839 bits per heavy atom. The quantitative estimate of drug-likeness (QED) is 0.237. The fourth-order valence-electron chi connectivity index (χ4n) is 3.64. The molecule has 174 valence electrons. The van der Waals surface area contributed by atoms with Crippen molar-refractivity contribution in [2.24, 2.45) is 0 Å². The predicted octanol–water partition coefficient (Wildman–Crippen LogP) is 7.60. The van der Waals surface area contributed by atoms with Gasteiger partial charge in [0, 0.05) is 0 Å². The van der Waals surface area contributed by atoms with Crippen molar-refractivity contribution in [1.29, 1.82) is 0 Å². The van der Waals surface area contributed by atoms with E-state index in [0.29, 0.717) is 30.4 Å². The predicted molar refractivity (Wildman–Crippen MR) is 133 cm³/mol. The summed E-state index contributed by atoms with van der Waals surface area (Å²) >= 11 is 0. The summed E-state index contributed by atoms with van der Waals surface area (Å²) in [7, 11) is 0. The molecule has 0 aliphatic rings. The Kier molecular flexibility index (Phi) is 11.1. The van der Waals surface area contributed by atoms with Crippen LogP contribution in [0.3, 0.4) is 0 Å². The van der Waals surface area contributed by atoms with Gasteiger partial charge >= 0.3 is 0 Å². The first-order valence-electron chi connectivity index (χ1n) is 11.6. The summed E-state index contributed by atoms with van der Waals surface area (Å²) in [4.78, 5) is 0. The number of rotatable bonds is 12. The van der Waals surface area contributed by atoms with Crippen LogP contribution in [0, 0.1) is 13.8 Å². The Hall–Kier alpha value is -2.00. The highest BCUT2D eigenvalue weighted by molar-refractivity contribution is 5.53. The van der Waals surface area contributed by atoms with Gasteiger partial charge in [-0.15, -0.1) is 0 Å². The SMILES string of the molecule is CC(C)=CCC/C(C)=C/CC/C(C)=C/CCC(C)(O)CCc1cc(C)c(C)c(O)c1O. The van der Waals surface area contributed by atoms with Crippen LogP contribution in [0.1, 0.15) is 96.3 Å². The van der Waals surface area contributed by atoms with Crippen LogP contribution in [0.2, 0.25) is 0 Å². The van der Waals surface area contributed by atoms with Crippen molar-refractivity contribution >= 4 is 0 Å². The van der Waals surface area contributed by atoms with Gasteiger partial charge < -0.3 is 15.3 Å². The summed E-state index contributed by atoms with van der Waals surface area (Å²) in [6.45, 7) is 14.2. The van der Waals surface area contributed by atoms with Gasteiger partial charge in [0.15, 0.2) is 11.5 Å². The molecule has 0 radical (unpaired) electrons. The lowest BCUT2D eigenvalue weighted by atomic mass is 9.90. The molecular formula is C28H44O3. The molecule has 1 aromatic carbocycles. The minimum absolute atomic E-state index is 0.0468. The van der Waals surface area contributed by atoms with E-state index in [0.717, 1.165) is 37.7 Å². The summed E-state index contributed by atoms with van der Waals surface area (Å²) in [6.07, 6.45) is 13.8. The number of aryl methyl sites for hydroxylation is 2. The van der Waals surface area contributed by atoms with Gasteiger partial charge in [-0.2, -0.15) is 0 Å². The molecule has 3 N–H and O–H groups in total. The number of aromatic hydroxyl groups is 2. The molecule has 31 heavy (non-hydrogen) atoms. The van der Waals surface area contributed by atoms with Crippen molar-refractivity contribution < 1.29 is 15.3 Å². The second-order valence-electron chi connectivity index (χ2n) is 9.67. The average molecular weight is 429 g/mol. The third kappa shape index (κ3) is 10.2. The molecule has 0 spiro atoms. The monoisotopic (exact) mass is 428 g/mol. The van der Waals surface area contributed by atoms with Crippen LogP contribution in [0.25, 0.3) is 0 Å². The normalized spacial score (nSPS) is 14.5. The topological polar surface area (TPSA) is 60.7 Å². The third-order valence-electron chi connectivity index (χ3n) is 6.10. The second kappa shape index (κ2) is 12.8. The molecule has 1 unspecified atom stereocenters. The van der Waals surface area contributed by atoms with Crippen LogP contribution in [-0.4, -0.2) is 20.9 Å². The van der Waals surface area contributed by atoms with Crippen molar-refractivity contribution in [1.82, 2.24) is 0 Å². The van der Waals surface area contributed by atoms with Crippen molar-refractivity contribution in [3.63, 3.8) is 0 Å². The molecule has 0 aromatic heterocycles. The Morgan fingerprint density at radius 2 is 1.39 bits per heavy atom. The summed E-state index contributed by atoms with van der Waals surface area (Å²) in [6, 6.07) is 1.90. The van der Waals surface area contributed by atoms with E-state index in [2.05, 4.69) is 45.9 Å². The van der Waals surface area contributed by atoms with E-state index in [1.807, 2.05) is 19.9 Å². The van der Waals surface area contributed by atoms with E-state index >= 15 is 0 Å². The van der Waals surface area contributed by atoms with Crippen LogP contribution in [0.4, 0.5) is 0 Å². The number of hydrogen-bond acceptors (Lipinski definition) is 3. The number of phenolic OH excluding ortho intramolecular Hbond substituents is 2. The van der Waals surface area contributed by atoms with Crippen LogP contribution in [0.15, 0.2) is 41.0 Å². The molecule has 0 amide bonds. The first kappa shape index (κ1) is 27.0. The minimum atomic E-state index is -0.807. The second-order valence-corrected chi connectivity index (χ2v) is 9.67. The zero-order chi connectivity index (χ0) is 23.6. The maximum Gasteiger partial charge on any atom is 0.160 e. The molecule has 3 nitrogen and oxygen atoms in total. The highest BCUT2D eigenvalue weighted by Crippen LogP contribution is 2.36. The van der Waals surface area contributed by atoms with Gasteiger partial charge in [-0.25, -0.2) is 0 Å². The number of allylic oxidation sites excluding steroid dienone is 6. The van der Waals surface area contributed by atoms with E-state index in [1.54, 1.807) is 6.92 Å². The largest absolute Gasteiger partial charge is 0.504 e. The van der Waals surface area contributed by atoms with Crippen molar-refractivity contribution in [2.45, 2.75) is 105 Å². The Bertz CT molecular complexity index is 806. The Morgan fingerprint density at radius 3 is 1.97 bits per heavy atom. The molecule has 1 rings (SSSR count). The van der Waals surface area contributed by atoms with E-state index in [4.69, 9.17) is 0 Å². The lowest BCUT2D eigenvalue weighted by molar-refractivity contribution is 0.0431. The van der Waals surface area contributed by atoms with Crippen molar-refractivity contribution in [3.05, 3.63) is 57.7 Å². The molecule has 1 aromatic rings. The van der Waals surface area contributed by atoms with E-state index in [9.17, 15) is 15.3 Å². The van der Waals surface area contributed by atoms with Gasteiger partial charge in [0.1, 0.15) is 0 Å². The van der Waals surface area contributed by atoms with Crippen molar-refractivity contribution in [3.8, 4) is 11.5 Å². The van der Waals surface area contributed by atoms with Crippen LogP contribution in [0.5, 0.6) is 11.5 Å². The maximum absolute atomic E-state index is 10.8. The first-order chi connectivity index (χ1) is 14.4. The van der Waals surface area contributed by atoms with Crippen LogP contribution in [-0.2, 0) is 6.42 Å². The lowest BCUT2D eigenvalue weighted by Crippen LogP contribution is -2.24. The molecule has 0 bridgehead atoms. The van der Waals surface area contributed by atoms with Crippen molar-refractivity contribution in [2.75, 3.05) is 0 Å². The molecule has 0 saturated heterocycles.